The van der Waals surface area contributed by atoms with E-state index in [1.165, 1.54) is 5.39 Å². The van der Waals surface area contributed by atoms with Crippen molar-refractivity contribution in [1.82, 2.24) is 4.57 Å². The quantitative estimate of drug-likeness (QED) is 0.779. The number of anilines is 2. The molecule has 0 bridgehead atoms. The van der Waals surface area contributed by atoms with Crippen LogP contribution < -0.4 is 10.2 Å². The first kappa shape index (κ1) is 15.2. The first-order chi connectivity index (χ1) is 11.1. The summed E-state index contributed by atoms with van der Waals surface area (Å²) in [7, 11) is 3.99. The van der Waals surface area contributed by atoms with E-state index in [0.717, 1.165) is 16.9 Å². The van der Waals surface area contributed by atoms with Crippen LogP contribution in [-0.2, 0) is 11.3 Å². The molecule has 1 N–H and O–H groups in total. The van der Waals surface area contributed by atoms with Crippen molar-refractivity contribution in [2.75, 3.05) is 24.3 Å². The van der Waals surface area contributed by atoms with Crippen molar-refractivity contribution in [1.29, 1.82) is 0 Å². The molecule has 1 heterocycles. The van der Waals surface area contributed by atoms with Crippen molar-refractivity contribution in [3.8, 4) is 0 Å². The average molecular weight is 307 g/mol. The lowest BCUT2D eigenvalue weighted by molar-refractivity contribution is -0.116. The number of hydrogen-bond acceptors (Lipinski definition) is 2. The standard InChI is InChI=1S/C19H21N3O/c1-21(2)17-9-7-16(8-10-17)20-19(23)12-14-22-13-11-15-5-3-4-6-18(15)22/h3-11,13H,12,14H2,1-2H3,(H,20,23). The summed E-state index contributed by atoms with van der Waals surface area (Å²) in [5.41, 5.74) is 3.11. The van der Waals surface area contributed by atoms with Crippen molar-refractivity contribution in [3.63, 3.8) is 0 Å². The maximum Gasteiger partial charge on any atom is 0.226 e. The third-order valence-electron chi connectivity index (χ3n) is 3.93. The van der Waals surface area contributed by atoms with Gasteiger partial charge in [-0.1, -0.05) is 18.2 Å². The van der Waals surface area contributed by atoms with Gasteiger partial charge in [-0.3, -0.25) is 4.79 Å². The maximum atomic E-state index is 12.1. The Hall–Kier alpha value is -2.75. The SMILES string of the molecule is CN(C)c1ccc(NC(=O)CCn2ccc3ccccc32)cc1. The number of carbonyl (C=O) groups is 1. The molecule has 1 aromatic heterocycles. The molecule has 4 nitrogen and oxygen atoms in total. The number of aryl methyl sites for hydroxylation is 1. The molecule has 0 aliphatic rings. The highest BCUT2D eigenvalue weighted by Gasteiger charge is 2.05. The summed E-state index contributed by atoms with van der Waals surface area (Å²) in [6.45, 7) is 0.676. The predicted octanol–water partition coefficient (Wildman–Crippen LogP) is 3.74. The van der Waals surface area contributed by atoms with Crippen LogP contribution >= 0.6 is 0 Å². The van der Waals surface area contributed by atoms with Crippen LogP contribution in [0.25, 0.3) is 10.9 Å². The van der Waals surface area contributed by atoms with Gasteiger partial charge in [0.05, 0.1) is 0 Å². The molecule has 0 atom stereocenters. The Morgan fingerprint density at radius 1 is 1.04 bits per heavy atom. The summed E-state index contributed by atoms with van der Waals surface area (Å²) >= 11 is 0. The number of rotatable bonds is 5. The fourth-order valence-electron chi connectivity index (χ4n) is 2.62. The van der Waals surface area contributed by atoms with E-state index in [2.05, 4.69) is 28.1 Å². The van der Waals surface area contributed by atoms with Crippen LogP contribution in [0.4, 0.5) is 11.4 Å². The fraction of sp³-hybridized carbons (Fsp3) is 0.211. The minimum Gasteiger partial charge on any atom is -0.378 e. The summed E-state index contributed by atoms with van der Waals surface area (Å²) in [4.78, 5) is 14.2. The second kappa shape index (κ2) is 6.57. The van der Waals surface area contributed by atoms with E-state index in [4.69, 9.17) is 0 Å². The highest BCUT2D eigenvalue weighted by atomic mass is 16.1. The van der Waals surface area contributed by atoms with Crippen LogP contribution in [0.5, 0.6) is 0 Å². The second-order valence-corrected chi connectivity index (χ2v) is 5.81. The summed E-state index contributed by atoms with van der Waals surface area (Å²) in [6, 6.07) is 18.1. The van der Waals surface area contributed by atoms with Crippen molar-refractivity contribution in [3.05, 3.63) is 60.8 Å². The molecule has 0 saturated heterocycles. The van der Waals surface area contributed by atoms with Crippen LogP contribution in [0.2, 0.25) is 0 Å². The molecule has 4 heteroatoms. The Labute approximate surface area is 136 Å². The monoisotopic (exact) mass is 307 g/mol. The van der Waals surface area contributed by atoms with Gasteiger partial charge in [-0.05, 0) is 41.8 Å². The first-order valence-electron chi connectivity index (χ1n) is 7.74. The molecule has 118 valence electrons. The molecule has 0 spiro atoms. The normalized spacial score (nSPS) is 10.7. The molecular formula is C19H21N3O. The Kier molecular flexibility index (Phi) is 4.33. The van der Waals surface area contributed by atoms with E-state index in [1.807, 2.05) is 61.6 Å². The lowest BCUT2D eigenvalue weighted by atomic mass is 10.2. The number of aromatic nitrogens is 1. The molecule has 0 unspecified atom stereocenters. The van der Waals surface area contributed by atoms with Crippen LogP contribution in [0, 0.1) is 0 Å². The number of nitrogens with one attached hydrogen (secondary N) is 1. The highest BCUT2D eigenvalue weighted by Crippen LogP contribution is 2.17. The van der Waals surface area contributed by atoms with Crippen molar-refractivity contribution in [2.45, 2.75) is 13.0 Å². The minimum atomic E-state index is 0.0281. The third-order valence-corrected chi connectivity index (χ3v) is 3.93. The van der Waals surface area contributed by atoms with Gasteiger partial charge in [0.2, 0.25) is 5.91 Å². The number of benzene rings is 2. The number of fused-ring (bicyclic) bond motifs is 1. The van der Waals surface area contributed by atoms with Gasteiger partial charge >= 0.3 is 0 Å². The molecule has 0 saturated carbocycles. The molecule has 0 aliphatic carbocycles. The maximum absolute atomic E-state index is 12.1. The zero-order chi connectivity index (χ0) is 16.2. The van der Waals surface area contributed by atoms with Crippen LogP contribution in [-0.4, -0.2) is 24.6 Å². The topological polar surface area (TPSA) is 37.3 Å². The van der Waals surface area contributed by atoms with Gasteiger partial charge in [0, 0.05) is 50.1 Å². The summed E-state index contributed by atoms with van der Waals surface area (Å²) < 4.78 is 2.12. The Morgan fingerprint density at radius 3 is 2.52 bits per heavy atom. The van der Waals surface area contributed by atoms with Gasteiger partial charge in [0.1, 0.15) is 0 Å². The molecule has 2 aromatic carbocycles. The van der Waals surface area contributed by atoms with Gasteiger partial charge in [-0.25, -0.2) is 0 Å². The van der Waals surface area contributed by atoms with Gasteiger partial charge in [0.25, 0.3) is 0 Å². The lowest BCUT2D eigenvalue weighted by Gasteiger charge is -2.13. The van der Waals surface area contributed by atoms with Gasteiger partial charge in [-0.2, -0.15) is 0 Å². The molecule has 3 aromatic rings. The molecule has 0 fully saturated rings. The van der Waals surface area contributed by atoms with E-state index >= 15 is 0 Å². The van der Waals surface area contributed by atoms with Crippen LogP contribution in [0.3, 0.4) is 0 Å². The van der Waals surface area contributed by atoms with Gasteiger partial charge in [0.15, 0.2) is 0 Å². The van der Waals surface area contributed by atoms with Crippen molar-refractivity contribution >= 4 is 28.2 Å². The third kappa shape index (κ3) is 3.54. The smallest absolute Gasteiger partial charge is 0.226 e. The molecule has 23 heavy (non-hydrogen) atoms. The minimum absolute atomic E-state index is 0.0281. The number of carbonyl (C=O) groups excluding carboxylic acids is 1. The fourth-order valence-corrected chi connectivity index (χ4v) is 2.62. The summed E-state index contributed by atoms with van der Waals surface area (Å²) in [6.07, 6.45) is 2.48. The molecule has 0 radical (unpaired) electrons. The Morgan fingerprint density at radius 2 is 1.78 bits per heavy atom. The van der Waals surface area contributed by atoms with E-state index in [1.54, 1.807) is 0 Å². The van der Waals surface area contributed by atoms with Crippen molar-refractivity contribution in [2.24, 2.45) is 0 Å². The number of para-hydroxylation sites is 1. The summed E-state index contributed by atoms with van der Waals surface area (Å²) in [5, 5.41) is 4.15. The highest BCUT2D eigenvalue weighted by molar-refractivity contribution is 5.91. The molecule has 1 amide bonds. The predicted molar refractivity (Wildman–Crippen MR) is 96.0 cm³/mol. The zero-order valence-electron chi connectivity index (χ0n) is 13.5. The number of amides is 1. The second-order valence-electron chi connectivity index (χ2n) is 5.81. The Bertz CT molecular complexity index is 803. The number of nitrogens with zero attached hydrogens (tertiary/aromatic N) is 2. The first-order valence-corrected chi connectivity index (χ1v) is 7.74. The summed E-state index contributed by atoms with van der Waals surface area (Å²) in [5.74, 6) is 0.0281. The zero-order valence-corrected chi connectivity index (χ0v) is 13.5. The largest absolute Gasteiger partial charge is 0.378 e. The van der Waals surface area contributed by atoms with E-state index in [-0.39, 0.29) is 5.91 Å². The Balaban J connectivity index is 1.59. The molecule has 0 aliphatic heterocycles. The van der Waals surface area contributed by atoms with Crippen LogP contribution in [0.15, 0.2) is 60.8 Å². The van der Waals surface area contributed by atoms with E-state index in [9.17, 15) is 4.79 Å². The van der Waals surface area contributed by atoms with Crippen LogP contribution in [0.1, 0.15) is 6.42 Å². The molecule has 3 rings (SSSR count). The van der Waals surface area contributed by atoms with Gasteiger partial charge < -0.3 is 14.8 Å². The number of hydrogen-bond donors (Lipinski definition) is 1. The van der Waals surface area contributed by atoms with Gasteiger partial charge in [-0.15, -0.1) is 0 Å². The lowest BCUT2D eigenvalue weighted by Crippen LogP contribution is -2.14. The molecular weight excluding hydrogens is 286 g/mol. The average Bonchev–Trinajstić information content (AvgIpc) is 2.97. The van der Waals surface area contributed by atoms with Crippen molar-refractivity contribution < 1.29 is 4.79 Å². The van der Waals surface area contributed by atoms with E-state index < -0.39 is 0 Å². The van der Waals surface area contributed by atoms with E-state index in [0.29, 0.717) is 13.0 Å².